The van der Waals surface area contributed by atoms with Gasteiger partial charge in [0.15, 0.2) is 6.10 Å². The van der Waals surface area contributed by atoms with Crippen LogP contribution in [0.4, 0.5) is 0 Å². The van der Waals surface area contributed by atoms with Gasteiger partial charge in [0, 0.05) is 6.54 Å². The van der Waals surface area contributed by atoms with Gasteiger partial charge in [0.25, 0.3) is 5.91 Å². The quantitative estimate of drug-likeness (QED) is 0.566. The number of rotatable bonds is 1. The van der Waals surface area contributed by atoms with Crippen LogP contribution in [0.25, 0.3) is 0 Å². The summed E-state index contributed by atoms with van der Waals surface area (Å²) in [6, 6.07) is 0. The van der Waals surface area contributed by atoms with Gasteiger partial charge >= 0.3 is 5.97 Å². The molecule has 1 saturated heterocycles. The number of carboxylic acid groups (broad SMARTS) is 1. The minimum atomic E-state index is -1.05. The molecule has 1 aliphatic rings. The summed E-state index contributed by atoms with van der Waals surface area (Å²) in [4.78, 5) is 23.2. The van der Waals surface area contributed by atoms with Crippen LogP contribution in [-0.2, 0) is 14.3 Å². The van der Waals surface area contributed by atoms with Gasteiger partial charge in [-0.25, -0.2) is 4.79 Å². The van der Waals surface area contributed by atoms with Crippen molar-refractivity contribution in [1.29, 1.82) is 0 Å². The highest BCUT2D eigenvalue weighted by atomic mass is 16.5. The lowest BCUT2D eigenvalue weighted by molar-refractivity contribution is -0.158. The highest BCUT2D eigenvalue weighted by Gasteiger charge is 2.28. The molecule has 1 atom stereocenters. The maximum atomic E-state index is 11.3. The zero-order valence-corrected chi connectivity index (χ0v) is 7.82. The molecule has 1 heterocycles. The fourth-order valence-electron chi connectivity index (χ4n) is 1.17. The van der Waals surface area contributed by atoms with Crippen molar-refractivity contribution in [2.75, 3.05) is 19.7 Å². The lowest BCUT2D eigenvalue weighted by atomic mass is 10.2. The van der Waals surface area contributed by atoms with Gasteiger partial charge in [0.1, 0.15) is 0 Å². The highest BCUT2D eigenvalue weighted by molar-refractivity contribution is 5.93. The van der Waals surface area contributed by atoms with E-state index in [0.717, 1.165) is 0 Å². The molecule has 0 aromatic heterocycles. The van der Waals surface area contributed by atoms with Crippen molar-refractivity contribution in [3.63, 3.8) is 0 Å². The lowest BCUT2D eigenvalue weighted by Crippen LogP contribution is -2.48. The minimum Gasteiger partial charge on any atom is -0.479 e. The number of morpholine rings is 1. The number of amides is 1. The summed E-state index contributed by atoms with van der Waals surface area (Å²) < 4.78 is 4.96. The molecule has 1 amide bonds. The van der Waals surface area contributed by atoms with Crippen molar-refractivity contribution in [2.24, 2.45) is 0 Å². The second-order valence-electron chi connectivity index (χ2n) is 2.82. The maximum Gasteiger partial charge on any atom is 0.334 e. The molecule has 76 valence electrons. The average molecular weight is 197 g/mol. The summed E-state index contributed by atoms with van der Waals surface area (Å²) >= 11 is 0. The van der Waals surface area contributed by atoms with Crippen molar-refractivity contribution >= 4 is 11.9 Å². The van der Waals surface area contributed by atoms with Crippen molar-refractivity contribution in [3.8, 4) is 11.8 Å². The molecule has 0 aliphatic carbocycles. The van der Waals surface area contributed by atoms with Crippen LogP contribution >= 0.6 is 0 Å². The van der Waals surface area contributed by atoms with Crippen molar-refractivity contribution in [2.45, 2.75) is 13.0 Å². The second kappa shape index (κ2) is 4.63. The Morgan fingerprint density at radius 1 is 1.57 bits per heavy atom. The third-order valence-electron chi connectivity index (χ3n) is 1.86. The molecular weight excluding hydrogens is 186 g/mol. The largest absolute Gasteiger partial charge is 0.479 e. The van der Waals surface area contributed by atoms with E-state index < -0.39 is 12.1 Å². The molecule has 0 aromatic carbocycles. The summed E-state index contributed by atoms with van der Waals surface area (Å²) in [6.45, 7) is 2.28. The number of carbonyl (C=O) groups is 2. The predicted octanol–water partition coefficient (Wildman–Crippen LogP) is -0.678. The first-order valence-corrected chi connectivity index (χ1v) is 4.21. The Hall–Kier alpha value is -1.54. The van der Waals surface area contributed by atoms with Gasteiger partial charge in [0.2, 0.25) is 0 Å². The highest BCUT2D eigenvalue weighted by Crippen LogP contribution is 2.05. The smallest absolute Gasteiger partial charge is 0.334 e. The molecule has 1 unspecified atom stereocenters. The zero-order chi connectivity index (χ0) is 10.6. The van der Waals surface area contributed by atoms with Crippen LogP contribution in [0.5, 0.6) is 0 Å². The Bertz CT molecular complexity index is 302. The third kappa shape index (κ3) is 2.47. The number of nitrogens with zero attached hydrogens (tertiary/aromatic N) is 1. The Morgan fingerprint density at radius 3 is 2.86 bits per heavy atom. The van der Waals surface area contributed by atoms with Crippen LogP contribution in [0.2, 0.25) is 0 Å². The molecule has 1 aliphatic heterocycles. The summed E-state index contributed by atoms with van der Waals surface area (Å²) in [5.74, 6) is 3.45. The van der Waals surface area contributed by atoms with Crippen LogP contribution < -0.4 is 0 Å². The van der Waals surface area contributed by atoms with Gasteiger partial charge in [-0.15, -0.1) is 0 Å². The normalized spacial score (nSPS) is 20.9. The van der Waals surface area contributed by atoms with E-state index in [1.807, 2.05) is 0 Å². The number of hydrogen-bond donors (Lipinski definition) is 1. The summed E-state index contributed by atoms with van der Waals surface area (Å²) in [6.07, 6.45) is -0.925. The van der Waals surface area contributed by atoms with Crippen LogP contribution in [0, 0.1) is 11.8 Å². The van der Waals surface area contributed by atoms with Gasteiger partial charge < -0.3 is 14.7 Å². The van der Waals surface area contributed by atoms with E-state index in [1.165, 1.54) is 4.90 Å². The van der Waals surface area contributed by atoms with Crippen LogP contribution in [0.3, 0.4) is 0 Å². The Kier molecular flexibility index (Phi) is 3.48. The van der Waals surface area contributed by atoms with Gasteiger partial charge in [-0.3, -0.25) is 4.79 Å². The predicted molar refractivity (Wildman–Crippen MR) is 47.4 cm³/mol. The van der Waals surface area contributed by atoms with Crippen LogP contribution in [0.15, 0.2) is 0 Å². The van der Waals surface area contributed by atoms with E-state index in [4.69, 9.17) is 9.84 Å². The molecule has 0 radical (unpaired) electrons. The molecule has 0 bridgehead atoms. The summed E-state index contributed by atoms with van der Waals surface area (Å²) in [5.41, 5.74) is 0. The Labute approximate surface area is 81.6 Å². The summed E-state index contributed by atoms with van der Waals surface area (Å²) in [7, 11) is 0. The molecule has 5 nitrogen and oxygen atoms in total. The molecule has 5 heteroatoms. The summed E-state index contributed by atoms with van der Waals surface area (Å²) in [5, 5.41) is 8.67. The fourth-order valence-corrected chi connectivity index (χ4v) is 1.17. The van der Waals surface area contributed by atoms with E-state index in [-0.39, 0.29) is 19.1 Å². The van der Waals surface area contributed by atoms with Crippen molar-refractivity contribution in [3.05, 3.63) is 0 Å². The molecule has 0 aromatic rings. The van der Waals surface area contributed by atoms with Crippen LogP contribution in [0.1, 0.15) is 6.92 Å². The topological polar surface area (TPSA) is 66.8 Å². The molecule has 1 N–H and O–H groups in total. The van der Waals surface area contributed by atoms with E-state index in [9.17, 15) is 9.59 Å². The molecule has 14 heavy (non-hydrogen) atoms. The van der Waals surface area contributed by atoms with Crippen molar-refractivity contribution < 1.29 is 19.4 Å². The Balaban J connectivity index is 2.58. The van der Waals surface area contributed by atoms with E-state index >= 15 is 0 Å². The van der Waals surface area contributed by atoms with Crippen molar-refractivity contribution in [1.82, 2.24) is 4.90 Å². The van der Waals surface area contributed by atoms with Gasteiger partial charge in [-0.05, 0) is 12.8 Å². The van der Waals surface area contributed by atoms with Gasteiger partial charge in [-0.2, -0.15) is 0 Å². The molecule has 1 rings (SSSR count). The van der Waals surface area contributed by atoms with E-state index in [1.54, 1.807) is 6.92 Å². The second-order valence-corrected chi connectivity index (χ2v) is 2.82. The monoisotopic (exact) mass is 197 g/mol. The van der Waals surface area contributed by atoms with E-state index in [0.29, 0.717) is 6.54 Å². The third-order valence-corrected chi connectivity index (χ3v) is 1.86. The van der Waals surface area contributed by atoms with E-state index in [2.05, 4.69) is 11.8 Å². The minimum absolute atomic E-state index is 0.0723. The number of ether oxygens (including phenoxy) is 1. The molecular formula is C9H11NO4. The fraction of sp³-hybridized carbons (Fsp3) is 0.556. The standard InChI is InChI=1S/C9H11NO4/c1-2-3-8(11)10-4-5-14-7(6-10)9(12)13/h7H,4-6H2,1H3,(H,12,13). The maximum absolute atomic E-state index is 11.3. The first-order valence-electron chi connectivity index (χ1n) is 4.21. The number of aliphatic carboxylic acids is 1. The molecule has 1 fully saturated rings. The Morgan fingerprint density at radius 2 is 2.29 bits per heavy atom. The number of carboxylic acids is 1. The number of carbonyl (C=O) groups excluding carboxylic acids is 1. The SMILES string of the molecule is CC#CC(=O)N1CCOC(C(=O)O)C1. The lowest BCUT2D eigenvalue weighted by Gasteiger charge is -2.29. The van der Waals surface area contributed by atoms with Gasteiger partial charge in [0.05, 0.1) is 13.2 Å². The first-order chi connectivity index (χ1) is 6.65. The molecule has 0 saturated carbocycles. The molecule has 0 spiro atoms. The average Bonchev–Trinajstić information content (AvgIpc) is 2.18. The van der Waals surface area contributed by atoms with Crippen LogP contribution in [-0.4, -0.2) is 47.7 Å². The zero-order valence-electron chi connectivity index (χ0n) is 7.82. The van der Waals surface area contributed by atoms with Gasteiger partial charge in [-0.1, -0.05) is 5.92 Å². The first kappa shape index (κ1) is 10.5. The number of hydrogen-bond acceptors (Lipinski definition) is 3.